The summed E-state index contributed by atoms with van der Waals surface area (Å²) in [5, 5.41) is 3.43. The van der Waals surface area contributed by atoms with Crippen LogP contribution in [0.1, 0.15) is 45.1 Å². The molecule has 2 rings (SSSR count). The second kappa shape index (κ2) is 4.87. The first kappa shape index (κ1) is 13.9. The third-order valence-corrected chi connectivity index (χ3v) is 4.45. The molecule has 1 aromatic carbocycles. The average molecular weight is 260 g/mol. The number of primary amides is 1. The molecule has 0 aromatic heterocycles. The van der Waals surface area contributed by atoms with Crippen molar-refractivity contribution in [3.8, 4) is 0 Å². The van der Waals surface area contributed by atoms with Gasteiger partial charge in [-0.1, -0.05) is 32.0 Å². The van der Waals surface area contributed by atoms with E-state index < -0.39 is 5.54 Å². The van der Waals surface area contributed by atoms with E-state index in [1.807, 2.05) is 31.2 Å². The second-order valence-corrected chi connectivity index (χ2v) is 6.55. The Hall–Kier alpha value is -1.51. The van der Waals surface area contributed by atoms with Crippen LogP contribution in [0.3, 0.4) is 0 Å². The van der Waals surface area contributed by atoms with Crippen LogP contribution in [0.25, 0.3) is 0 Å². The number of aryl methyl sites for hydroxylation is 1. The van der Waals surface area contributed by atoms with Gasteiger partial charge in [0.25, 0.3) is 0 Å². The van der Waals surface area contributed by atoms with Crippen LogP contribution in [0.5, 0.6) is 0 Å². The Bertz CT molecular complexity index is 469. The van der Waals surface area contributed by atoms with Crippen LogP contribution >= 0.6 is 0 Å². The van der Waals surface area contributed by atoms with E-state index in [-0.39, 0.29) is 5.91 Å². The maximum atomic E-state index is 12.0. The fourth-order valence-electron chi connectivity index (χ4n) is 2.76. The first-order valence-electron chi connectivity index (χ1n) is 6.98. The lowest BCUT2D eigenvalue weighted by Gasteiger charge is -2.42. The molecule has 1 amide bonds. The van der Waals surface area contributed by atoms with Crippen molar-refractivity contribution in [2.24, 2.45) is 11.1 Å². The summed E-state index contributed by atoms with van der Waals surface area (Å²) in [4.78, 5) is 12.0. The minimum Gasteiger partial charge on any atom is -0.371 e. The third kappa shape index (κ3) is 2.91. The quantitative estimate of drug-likeness (QED) is 0.876. The highest BCUT2D eigenvalue weighted by molar-refractivity contribution is 5.88. The van der Waals surface area contributed by atoms with E-state index in [9.17, 15) is 4.79 Å². The first-order chi connectivity index (χ1) is 8.85. The highest BCUT2D eigenvalue weighted by Crippen LogP contribution is 2.41. The molecule has 3 N–H and O–H groups in total. The molecule has 1 aliphatic rings. The molecule has 0 atom stereocenters. The van der Waals surface area contributed by atoms with Gasteiger partial charge in [-0.05, 0) is 49.7 Å². The molecule has 104 valence electrons. The molecule has 0 saturated heterocycles. The zero-order valence-electron chi connectivity index (χ0n) is 12.1. The summed E-state index contributed by atoms with van der Waals surface area (Å²) in [6, 6.07) is 8.04. The summed E-state index contributed by atoms with van der Waals surface area (Å²) in [6.45, 7) is 6.56. The van der Waals surface area contributed by atoms with E-state index in [1.165, 1.54) is 0 Å². The molecular formula is C16H24N2O. The number of rotatable bonds is 3. The number of nitrogens with one attached hydrogen (secondary N) is 1. The van der Waals surface area contributed by atoms with E-state index in [0.29, 0.717) is 5.41 Å². The molecule has 1 aliphatic carbocycles. The van der Waals surface area contributed by atoms with Crippen LogP contribution in [0.4, 0.5) is 5.69 Å². The van der Waals surface area contributed by atoms with Crippen LogP contribution < -0.4 is 11.1 Å². The second-order valence-electron chi connectivity index (χ2n) is 6.55. The van der Waals surface area contributed by atoms with Gasteiger partial charge in [-0.3, -0.25) is 4.79 Å². The molecule has 1 aromatic rings. The molecule has 3 nitrogen and oxygen atoms in total. The van der Waals surface area contributed by atoms with Crippen LogP contribution in [-0.2, 0) is 4.79 Å². The number of hydrogen-bond donors (Lipinski definition) is 2. The van der Waals surface area contributed by atoms with Gasteiger partial charge in [0, 0.05) is 5.69 Å². The molecular weight excluding hydrogens is 236 g/mol. The highest BCUT2D eigenvalue weighted by Gasteiger charge is 2.42. The zero-order valence-corrected chi connectivity index (χ0v) is 12.1. The summed E-state index contributed by atoms with van der Waals surface area (Å²) in [5.41, 5.74) is 7.58. The van der Waals surface area contributed by atoms with Crippen LogP contribution in [0.2, 0.25) is 0 Å². The Morgan fingerprint density at radius 3 is 2.26 bits per heavy atom. The van der Waals surface area contributed by atoms with Gasteiger partial charge in [0.05, 0.1) is 0 Å². The predicted octanol–water partition coefficient (Wildman–Crippen LogP) is 3.23. The molecule has 19 heavy (non-hydrogen) atoms. The van der Waals surface area contributed by atoms with Crippen molar-refractivity contribution >= 4 is 11.6 Å². The Balaban J connectivity index is 2.23. The van der Waals surface area contributed by atoms with Gasteiger partial charge in [-0.25, -0.2) is 0 Å². The van der Waals surface area contributed by atoms with Gasteiger partial charge in [0.2, 0.25) is 5.91 Å². The van der Waals surface area contributed by atoms with Crippen molar-refractivity contribution in [2.75, 3.05) is 5.32 Å². The summed E-state index contributed by atoms with van der Waals surface area (Å²) in [7, 11) is 0. The Kier molecular flexibility index (Phi) is 3.57. The Morgan fingerprint density at radius 1 is 1.16 bits per heavy atom. The predicted molar refractivity (Wildman–Crippen MR) is 79.0 cm³/mol. The maximum absolute atomic E-state index is 12.0. The summed E-state index contributed by atoms with van der Waals surface area (Å²) in [5.74, 6) is -0.230. The van der Waals surface area contributed by atoms with Gasteiger partial charge in [-0.2, -0.15) is 0 Å². The lowest BCUT2D eigenvalue weighted by molar-refractivity contribution is -0.124. The van der Waals surface area contributed by atoms with Crippen molar-refractivity contribution < 1.29 is 4.79 Å². The Morgan fingerprint density at radius 2 is 1.74 bits per heavy atom. The van der Waals surface area contributed by atoms with Gasteiger partial charge >= 0.3 is 0 Å². The van der Waals surface area contributed by atoms with Crippen molar-refractivity contribution in [1.29, 1.82) is 0 Å². The molecule has 0 aliphatic heterocycles. The molecule has 1 fully saturated rings. The van der Waals surface area contributed by atoms with Gasteiger partial charge in [0.1, 0.15) is 5.54 Å². The lowest BCUT2D eigenvalue weighted by atomic mass is 9.69. The summed E-state index contributed by atoms with van der Waals surface area (Å²) >= 11 is 0. The van der Waals surface area contributed by atoms with Gasteiger partial charge in [-0.15, -0.1) is 0 Å². The van der Waals surface area contributed by atoms with Crippen LogP contribution in [0.15, 0.2) is 24.3 Å². The Labute approximate surface area is 115 Å². The lowest BCUT2D eigenvalue weighted by Crippen LogP contribution is -2.53. The normalized spacial score (nSPS) is 20.8. The van der Waals surface area contributed by atoms with Crippen molar-refractivity contribution in [3.05, 3.63) is 29.8 Å². The number of para-hydroxylation sites is 1. The summed E-state index contributed by atoms with van der Waals surface area (Å²) in [6.07, 6.45) is 3.66. The fraction of sp³-hybridized carbons (Fsp3) is 0.562. The third-order valence-electron chi connectivity index (χ3n) is 4.45. The van der Waals surface area contributed by atoms with Crippen molar-refractivity contribution in [3.63, 3.8) is 0 Å². The van der Waals surface area contributed by atoms with Crippen molar-refractivity contribution in [2.45, 2.75) is 52.0 Å². The van der Waals surface area contributed by atoms with E-state index in [1.54, 1.807) is 0 Å². The SMILES string of the molecule is Cc1ccccc1NC1(C(N)=O)CCC(C)(C)CC1. The summed E-state index contributed by atoms with van der Waals surface area (Å²) < 4.78 is 0. The van der Waals surface area contributed by atoms with E-state index in [0.717, 1.165) is 36.9 Å². The van der Waals surface area contributed by atoms with E-state index in [2.05, 4.69) is 19.2 Å². The van der Waals surface area contributed by atoms with E-state index in [4.69, 9.17) is 5.73 Å². The van der Waals surface area contributed by atoms with Crippen molar-refractivity contribution in [1.82, 2.24) is 0 Å². The number of benzene rings is 1. The standard InChI is InChI=1S/C16H24N2O/c1-12-6-4-5-7-13(12)18-16(14(17)19)10-8-15(2,3)9-11-16/h4-7,18H,8-11H2,1-3H3,(H2,17,19). The van der Waals surface area contributed by atoms with E-state index >= 15 is 0 Å². The molecule has 0 heterocycles. The molecule has 3 heteroatoms. The topological polar surface area (TPSA) is 55.1 Å². The molecule has 0 spiro atoms. The monoisotopic (exact) mass is 260 g/mol. The molecule has 0 radical (unpaired) electrons. The number of anilines is 1. The number of nitrogens with two attached hydrogens (primary N) is 1. The minimum absolute atomic E-state index is 0.230. The van der Waals surface area contributed by atoms with Crippen LogP contribution in [-0.4, -0.2) is 11.4 Å². The van der Waals surface area contributed by atoms with Crippen LogP contribution in [0, 0.1) is 12.3 Å². The number of carbonyl (C=O) groups is 1. The smallest absolute Gasteiger partial charge is 0.243 e. The zero-order chi connectivity index (χ0) is 14.1. The molecule has 1 saturated carbocycles. The highest BCUT2D eigenvalue weighted by atomic mass is 16.1. The fourth-order valence-corrected chi connectivity index (χ4v) is 2.76. The van der Waals surface area contributed by atoms with Gasteiger partial charge in [0.15, 0.2) is 0 Å². The maximum Gasteiger partial charge on any atom is 0.243 e. The largest absolute Gasteiger partial charge is 0.371 e. The minimum atomic E-state index is -0.582. The number of amides is 1. The number of carbonyl (C=O) groups excluding carboxylic acids is 1. The molecule has 0 bridgehead atoms. The number of hydrogen-bond acceptors (Lipinski definition) is 2. The average Bonchev–Trinajstić information content (AvgIpc) is 2.34. The van der Waals surface area contributed by atoms with Gasteiger partial charge < -0.3 is 11.1 Å². The first-order valence-corrected chi connectivity index (χ1v) is 6.98. The molecule has 0 unspecified atom stereocenters.